The Morgan fingerprint density at radius 3 is 1.64 bits per heavy atom. The predicted molar refractivity (Wildman–Crippen MR) is 94.8 cm³/mol. The van der Waals surface area contributed by atoms with Gasteiger partial charge in [0.05, 0.1) is 0 Å². The molecule has 3 fully saturated rings. The van der Waals surface area contributed by atoms with Gasteiger partial charge in [-0.2, -0.15) is 0 Å². The van der Waals surface area contributed by atoms with Gasteiger partial charge in [-0.3, -0.25) is 0 Å². The van der Waals surface area contributed by atoms with E-state index in [-0.39, 0.29) is 0 Å². The number of fused-ring (bicyclic) bond motifs is 2. The summed E-state index contributed by atoms with van der Waals surface area (Å²) in [5.74, 6) is 3.05. The minimum absolute atomic E-state index is 0.539. The first kappa shape index (κ1) is 15.3. The predicted octanol–water partition coefficient (Wildman–Crippen LogP) is 6.90. The van der Waals surface area contributed by atoms with Crippen molar-refractivity contribution in [3.63, 3.8) is 0 Å². The maximum Gasteiger partial charge on any atom is -0.00285 e. The Labute approximate surface area is 138 Å². The van der Waals surface area contributed by atoms with E-state index < -0.39 is 0 Å². The van der Waals surface area contributed by atoms with E-state index in [4.69, 9.17) is 0 Å². The van der Waals surface area contributed by atoms with Gasteiger partial charge in [-0.1, -0.05) is 63.5 Å². The van der Waals surface area contributed by atoms with Crippen LogP contribution < -0.4 is 0 Å². The second-order valence-electron chi connectivity index (χ2n) is 9.64. The van der Waals surface area contributed by atoms with Gasteiger partial charge in [0.2, 0.25) is 0 Å². The first-order chi connectivity index (χ1) is 10.6. The van der Waals surface area contributed by atoms with Crippen molar-refractivity contribution < 1.29 is 0 Å². The van der Waals surface area contributed by atoms with Crippen LogP contribution in [0.5, 0.6) is 0 Å². The molecule has 5 aliphatic rings. The standard InChI is InChI=1S/C22H36/c1-16-20-14-19(21(20,2)3)15-22(16,17-10-6-4-7-11-17)18-12-8-5-9-13-18/h17-19H,4-15H2,1-3H3. The SMILES string of the molecule is CC1=C2CC(CC1(C1CCCCC1)C1CCCCC1)C2(C)C. The topological polar surface area (TPSA) is 0 Å². The summed E-state index contributed by atoms with van der Waals surface area (Å²) in [7, 11) is 0. The first-order valence-electron chi connectivity index (χ1n) is 10.3. The van der Waals surface area contributed by atoms with Gasteiger partial charge in [0.25, 0.3) is 0 Å². The maximum absolute atomic E-state index is 2.58. The highest BCUT2D eigenvalue weighted by Gasteiger charge is 2.59. The number of hydrogen-bond acceptors (Lipinski definition) is 0. The maximum atomic E-state index is 2.58. The fourth-order valence-electron chi connectivity index (χ4n) is 7.20. The third-order valence-electron chi connectivity index (χ3n) is 8.65. The van der Waals surface area contributed by atoms with Crippen LogP contribution in [-0.2, 0) is 0 Å². The van der Waals surface area contributed by atoms with E-state index in [1.807, 2.05) is 11.1 Å². The fraction of sp³-hybridized carbons (Fsp3) is 0.909. The largest absolute Gasteiger partial charge is 0.0668 e. The molecule has 3 saturated carbocycles. The van der Waals surface area contributed by atoms with Gasteiger partial charge in [-0.05, 0) is 74.0 Å². The third kappa shape index (κ3) is 2.01. The molecule has 0 amide bonds. The Kier molecular flexibility index (Phi) is 3.74. The molecule has 0 spiro atoms. The second kappa shape index (κ2) is 5.38. The molecule has 0 heteroatoms. The molecular formula is C22H36. The van der Waals surface area contributed by atoms with Crippen LogP contribution in [-0.4, -0.2) is 0 Å². The number of rotatable bonds is 2. The van der Waals surface area contributed by atoms with Crippen molar-refractivity contribution in [3.8, 4) is 0 Å². The lowest BCUT2D eigenvalue weighted by Crippen LogP contribution is -2.54. The van der Waals surface area contributed by atoms with Crippen molar-refractivity contribution in [3.05, 3.63) is 11.1 Å². The van der Waals surface area contributed by atoms with Crippen LogP contribution in [0, 0.1) is 28.6 Å². The van der Waals surface area contributed by atoms with Crippen molar-refractivity contribution in [2.45, 2.75) is 97.8 Å². The molecular weight excluding hydrogens is 264 g/mol. The molecule has 1 unspecified atom stereocenters. The van der Waals surface area contributed by atoms with Gasteiger partial charge in [-0.15, -0.1) is 0 Å². The Hall–Kier alpha value is -0.260. The van der Waals surface area contributed by atoms with Crippen LogP contribution in [0.4, 0.5) is 0 Å². The highest BCUT2D eigenvalue weighted by molar-refractivity contribution is 5.39. The van der Waals surface area contributed by atoms with Crippen LogP contribution in [0.25, 0.3) is 0 Å². The summed E-state index contributed by atoms with van der Waals surface area (Å²) in [5, 5.41) is 0. The molecule has 0 aromatic heterocycles. The quantitative estimate of drug-likeness (QED) is 0.486. The van der Waals surface area contributed by atoms with E-state index >= 15 is 0 Å². The Morgan fingerprint density at radius 2 is 1.23 bits per heavy atom. The zero-order valence-electron chi connectivity index (χ0n) is 15.2. The molecule has 5 rings (SSSR count). The Balaban J connectivity index is 1.75. The van der Waals surface area contributed by atoms with Crippen LogP contribution >= 0.6 is 0 Å². The van der Waals surface area contributed by atoms with Gasteiger partial charge in [0.15, 0.2) is 0 Å². The lowest BCUT2D eigenvalue weighted by molar-refractivity contribution is -0.0317. The molecule has 0 heterocycles. The van der Waals surface area contributed by atoms with E-state index in [2.05, 4.69) is 20.8 Å². The van der Waals surface area contributed by atoms with E-state index in [0.717, 1.165) is 17.8 Å². The molecule has 5 aliphatic carbocycles. The second-order valence-corrected chi connectivity index (χ2v) is 9.64. The Morgan fingerprint density at radius 1 is 0.727 bits per heavy atom. The monoisotopic (exact) mass is 300 g/mol. The van der Waals surface area contributed by atoms with Crippen LogP contribution in [0.15, 0.2) is 11.1 Å². The lowest BCUT2D eigenvalue weighted by Gasteiger charge is -2.64. The molecule has 0 N–H and O–H groups in total. The Bertz CT molecular complexity index is 436. The van der Waals surface area contributed by atoms with Crippen molar-refractivity contribution in [1.82, 2.24) is 0 Å². The molecule has 2 bridgehead atoms. The summed E-state index contributed by atoms with van der Waals surface area (Å²) in [5.41, 5.74) is 4.96. The zero-order valence-corrected chi connectivity index (χ0v) is 15.2. The van der Waals surface area contributed by atoms with Crippen LogP contribution in [0.2, 0.25) is 0 Å². The molecule has 124 valence electrons. The minimum Gasteiger partial charge on any atom is -0.0668 e. The number of hydrogen-bond donors (Lipinski definition) is 0. The molecule has 1 atom stereocenters. The average molecular weight is 301 g/mol. The van der Waals surface area contributed by atoms with Gasteiger partial charge in [0.1, 0.15) is 0 Å². The summed E-state index contributed by atoms with van der Waals surface area (Å²) in [6, 6.07) is 0. The molecule has 0 nitrogen and oxygen atoms in total. The summed E-state index contributed by atoms with van der Waals surface area (Å²) in [6.45, 7) is 7.65. The fourth-order valence-corrected chi connectivity index (χ4v) is 7.20. The molecule has 22 heavy (non-hydrogen) atoms. The third-order valence-corrected chi connectivity index (χ3v) is 8.65. The van der Waals surface area contributed by atoms with E-state index in [9.17, 15) is 0 Å². The van der Waals surface area contributed by atoms with Crippen molar-refractivity contribution >= 4 is 0 Å². The van der Waals surface area contributed by atoms with Crippen molar-refractivity contribution in [2.75, 3.05) is 0 Å². The van der Waals surface area contributed by atoms with Gasteiger partial charge < -0.3 is 0 Å². The van der Waals surface area contributed by atoms with E-state index in [1.165, 1.54) is 70.6 Å². The highest BCUT2D eigenvalue weighted by Crippen LogP contribution is 2.69. The zero-order chi connectivity index (χ0) is 15.4. The summed E-state index contributed by atoms with van der Waals surface area (Å²) >= 11 is 0. The lowest BCUT2D eigenvalue weighted by atomic mass is 9.40. The van der Waals surface area contributed by atoms with Crippen LogP contribution in [0.1, 0.15) is 97.8 Å². The summed E-state index contributed by atoms with van der Waals surface area (Å²) in [6.07, 6.45) is 18.2. The molecule has 0 saturated heterocycles. The van der Waals surface area contributed by atoms with E-state index in [1.54, 1.807) is 6.42 Å². The minimum atomic E-state index is 0.539. The molecule has 0 radical (unpaired) electrons. The van der Waals surface area contributed by atoms with E-state index in [0.29, 0.717) is 10.8 Å². The van der Waals surface area contributed by atoms with Crippen molar-refractivity contribution in [1.29, 1.82) is 0 Å². The first-order valence-corrected chi connectivity index (χ1v) is 10.3. The van der Waals surface area contributed by atoms with Crippen molar-refractivity contribution in [2.24, 2.45) is 28.6 Å². The van der Waals surface area contributed by atoms with Gasteiger partial charge >= 0.3 is 0 Å². The summed E-state index contributed by atoms with van der Waals surface area (Å²) < 4.78 is 0. The molecule has 0 aromatic carbocycles. The smallest absolute Gasteiger partial charge is 0.00285 e. The molecule has 0 aliphatic heterocycles. The highest BCUT2D eigenvalue weighted by atomic mass is 14.6. The summed E-state index contributed by atoms with van der Waals surface area (Å²) in [4.78, 5) is 0. The van der Waals surface area contributed by atoms with Gasteiger partial charge in [-0.25, -0.2) is 0 Å². The van der Waals surface area contributed by atoms with Crippen LogP contribution in [0.3, 0.4) is 0 Å². The number of allylic oxidation sites excluding steroid dienone is 2. The average Bonchev–Trinajstić information content (AvgIpc) is 2.56. The normalized spacial score (nSPS) is 35.3. The van der Waals surface area contributed by atoms with Gasteiger partial charge in [0, 0.05) is 0 Å². The molecule has 0 aromatic rings.